The molecule has 1 N–H and O–H groups in total. The number of aliphatic hydroxyl groups is 1. The summed E-state index contributed by atoms with van der Waals surface area (Å²) in [4.78, 5) is 28.3. The second-order valence-electron chi connectivity index (χ2n) is 10.5. The lowest BCUT2D eigenvalue weighted by Gasteiger charge is -2.27. The highest BCUT2D eigenvalue weighted by Crippen LogP contribution is 2.43. The van der Waals surface area contributed by atoms with E-state index in [0.29, 0.717) is 22.9 Å². The van der Waals surface area contributed by atoms with E-state index in [-0.39, 0.29) is 16.7 Å². The average molecular weight is 484 g/mol. The second kappa shape index (κ2) is 9.65. The van der Waals surface area contributed by atoms with Crippen LogP contribution in [0.5, 0.6) is 5.75 Å². The monoisotopic (exact) mass is 483 g/mol. The fourth-order valence-corrected chi connectivity index (χ4v) is 4.50. The first-order valence-corrected chi connectivity index (χ1v) is 12.2. The maximum absolute atomic E-state index is 13.4. The lowest BCUT2D eigenvalue weighted by molar-refractivity contribution is -0.132. The van der Waals surface area contributed by atoms with Crippen LogP contribution in [0.3, 0.4) is 0 Å². The van der Waals surface area contributed by atoms with Crippen LogP contribution in [0.1, 0.15) is 68.8 Å². The van der Waals surface area contributed by atoms with Crippen LogP contribution in [0.25, 0.3) is 5.76 Å². The Morgan fingerprint density at radius 1 is 0.889 bits per heavy atom. The molecule has 186 valence electrons. The molecule has 1 aliphatic heterocycles. The van der Waals surface area contributed by atoms with Gasteiger partial charge in [-0.2, -0.15) is 0 Å². The number of anilines is 1. The highest BCUT2D eigenvalue weighted by atomic mass is 16.5. The largest absolute Gasteiger partial charge is 0.507 e. The van der Waals surface area contributed by atoms with Gasteiger partial charge in [-0.05, 0) is 64.4 Å². The fourth-order valence-electron chi connectivity index (χ4n) is 4.50. The summed E-state index contributed by atoms with van der Waals surface area (Å²) >= 11 is 0. The van der Waals surface area contributed by atoms with E-state index in [2.05, 4.69) is 34.6 Å². The predicted octanol–water partition coefficient (Wildman–Crippen LogP) is 6.74. The van der Waals surface area contributed by atoms with E-state index < -0.39 is 17.7 Å². The lowest BCUT2D eigenvalue weighted by Crippen LogP contribution is -2.29. The highest BCUT2D eigenvalue weighted by molar-refractivity contribution is 6.51. The summed E-state index contributed by atoms with van der Waals surface area (Å²) in [5.74, 6) is -0.604. The van der Waals surface area contributed by atoms with Gasteiger partial charge in [0, 0.05) is 11.3 Å². The first kappa shape index (κ1) is 25.2. The molecule has 1 amide bonds. The second-order valence-corrected chi connectivity index (χ2v) is 10.5. The van der Waals surface area contributed by atoms with E-state index in [1.807, 2.05) is 48.5 Å². The summed E-state index contributed by atoms with van der Waals surface area (Å²) in [5, 5.41) is 11.3. The molecule has 1 saturated heterocycles. The van der Waals surface area contributed by atoms with Gasteiger partial charge in [0.1, 0.15) is 11.5 Å². The molecule has 1 fully saturated rings. The average Bonchev–Trinajstić information content (AvgIpc) is 3.13. The summed E-state index contributed by atoms with van der Waals surface area (Å²) in [6.07, 6.45) is 0. The van der Waals surface area contributed by atoms with E-state index >= 15 is 0 Å². The van der Waals surface area contributed by atoms with E-state index in [0.717, 1.165) is 16.7 Å². The maximum Gasteiger partial charge on any atom is 0.300 e. The lowest BCUT2D eigenvalue weighted by atomic mass is 9.85. The molecule has 0 aliphatic carbocycles. The molecule has 5 nitrogen and oxygen atoms in total. The highest BCUT2D eigenvalue weighted by Gasteiger charge is 2.47. The fraction of sp³-hybridized carbons (Fsp3) is 0.290. The Hall–Kier alpha value is -3.86. The van der Waals surface area contributed by atoms with Crippen LogP contribution in [0.2, 0.25) is 0 Å². The van der Waals surface area contributed by atoms with Crippen LogP contribution in [0, 0.1) is 0 Å². The SMILES string of the molecule is COc1ccc(/C(O)=C2/C(=O)C(=O)N(c3ccc(C(C)C)cc3)C2c2ccc(C(C)(C)C)cc2)cc1. The number of hydrogen-bond donors (Lipinski definition) is 1. The van der Waals surface area contributed by atoms with Crippen LogP contribution < -0.4 is 9.64 Å². The molecule has 36 heavy (non-hydrogen) atoms. The molecule has 0 bridgehead atoms. The van der Waals surface area contributed by atoms with E-state index in [9.17, 15) is 14.7 Å². The summed E-state index contributed by atoms with van der Waals surface area (Å²) < 4.78 is 5.22. The van der Waals surface area contributed by atoms with Crippen molar-refractivity contribution >= 4 is 23.1 Å². The van der Waals surface area contributed by atoms with Gasteiger partial charge >= 0.3 is 0 Å². The minimum absolute atomic E-state index is 0.0455. The Labute approximate surface area is 213 Å². The van der Waals surface area contributed by atoms with Gasteiger partial charge in [0.25, 0.3) is 11.7 Å². The minimum Gasteiger partial charge on any atom is -0.507 e. The molecule has 3 aromatic carbocycles. The standard InChI is InChI=1S/C31H33NO4/c1-19(2)20-9-15-24(16-10-20)32-27(21-7-13-23(14-8-21)31(3,4)5)26(29(34)30(32)35)28(33)22-11-17-25(36-6)18-12-22/h7-19,27,33H,1-6H3/b28-26-. The molecule has 1 aliphatic rings. The Morgan fingerprint density at radius 3 is 1.97 bits per heavy atom. The Bertz CT molecular complexity index is 1290. The summed E-state index contributed by atoms with van der Waals surface area (Å²) in [6.45, 7) is 10.6. The minimum atomic E-state index is -0.758. The normalized spacial score (nSPS) is 17.6. The van der Waals surface area contributed by atoms with Crippen LogP contribution in [-0.4, -0.2) is 23.9 Å². The molecule has 0 aromatic heterocycles. The third kappa shape index (κ3) is 4.66. The van der Waals surface area contributed by atoms with Gasteiger partial charge < -0.3 is 9.84 Å². The van der Waals surface area contributed by atoms with E-state index in [4.69, 9.17) is 4.74 Å². The summed E-state index contributed by atoms with van der Waals surface area (Å²) in [6, 6.07) is 21.6. The van der Waals surface area contributed by atoms with E-state index in [1.54, 1.807) is 31.4 Å². The third-order valence-corrected chi connectivity index (χ3v) is 6.74. The Balaban J connectivity index is 1.89. The van der Waals surface area contributed by atoms with Crippen molar-refractivity contribution in [3.8, 4) is 5.75 Å². The van der Waals surface area contributed by atoms with Crippen molar-refractivity contribution in [1.82, 2.24) is 0 Å². The number of ketones is 1. The number of ether oxygens (including phenoxy) is 1. The molecule has 1 atom stereocenters. The molecular weight excluding hydrogens is 450 g/mol. The first-order valence-electron chi connectivity index (χ1n) is 12.2. The van der Waals surface area contributed by atoms with Crippen molar-refractivity contribution in [2.24, 2.45) is 0 Å². The van der Waals surface area contributed by atoms with Crippen molar-refractivity contribution in [3.63, 3.8) is 0 Å². The van der Waals surface area contributed by atoms with Gasteiger partial charge in [-0.15, -0.1) is 0 Å². The predicted molar refractivity (Wildman–Crippen MR) is 143 cm³/mol. The molecule has 1 heterocycles. The molecule has 1 unspecified atom stereocenters. The number of benzene rings is 3. The number of rotatable bonds is 5. The molecule has 0 spiro atoms. The zero-order valence-corrected chi connectivity index (χ0v) is 21.7. The van der Waals surface area contributed by atoms with Crippen molar-refractivity contribution in [3.05, 3.63) is 101 Å². The van der Waals surface area contributed by atoms with Crippen LogP contribution >= 0.6 is 0 Å². The van der Waals surface area contributed by atoms with Gasteiger partial charge in [-0.25, -0.2) is 0 Å². The molecular formula is C31H33NO4. The number of methoxy groups -OCH3 is 1. The third-order valence-electron chi connectivity index (χ3n) is 6.74. The van der Waals surface area contributed by atoms with Crippen LogP contribution in [0.15, 0.2) is 78.4 Å². The smallest absolute Gasteiger partial charge is 0.300 e. The van der Waals surface area contributed by atoms with Gasteiger partial charge in [0.15, 0.2) is 0 Å². The van der Waals surface area contributed by atoms with Gasteiger partial charge in [0.2, 0.25) is 0 Å². The number of carbonyl (C=O) groups is 2. The summed E-state index contributed by atoms with van der Waals surface area (Å²) in [7, 11) is 1.56. The first-order chi connectivity index (χ1) is 17.0. The maximum atomic E-state index is 13.4. The van der Waals surface area contributed by atoms with Crippen molar-refractivity contribution in [2.45, 2.75) is 52.0 Å². The molecule has 0 radical (unpaired) electrons. The number of nitrogens with zero attached hydrogens (tertiary/aromatic N) is 1. The number of amides is 1. The van der Waals surface area contributed by atoms with Gasteiger partial charge in [-0.1, -0.05) is 71.0 Å². The zero-order valence-electron chi connectivity index (χ0n) is 21.7. The van der Waals surface area contributed by atoms with Crippen molar-refractivity contribution in [1.29, 1.82) is 0 Å². The van der Waals surface area contributed by atoms with Gasteiger partial charge in [-0.3, -0.25) is 14.5 Å². The number of Topliss-reactive ketones (excluding diaryl/α,β-unsaturated/α-hetero) is 1. The molecule has 3 aromatic rings. The van der Waals surface area contributed by atoms with Crippen molar-refractivity contribution in [2.75, 3.05) is 12.0 Å². The molecule has 0 saturated carbocycles. The summed E-state index contributed by atoms with van der Waals surface area (Å²) in [5.41, 5.74) is 4.11. The van der Waals surface area contributed by atoms with Crippen molar-refractivity contribution < 1.29 is 19.4 Å². The zero-order chi connectivity index (χ0) is 26.2. The Kier molecular flexibility index (Phi) is 6.77. The van der Waals surface area contributed by atoms with E-state index in [1.165, 1.54) is 4.90 Å². The Morgan fingerprint density at radius 2 is 1.47 bits per heavy atom. The molecule has 5 heteroatoms. The van der Waals surface area contributed by atoms with Crippen LogP contribution in [-0.2, 0) is 15.0 Å². The quantitative estimate of drug-likeness (QED) is 0.248. The topological polar surface area (TPSA) is 66.8 Å². The molecule has 4 rings (SSSR count). The van der Waals surface area contributed by atoms with Gasteiger partial charge in [0.05, 0.1) is 18.7 Å². The number of aliphatic hydroxyl groups excluding tert-OH is 1. The number of carbonyl (C=O) groups excluding carboxylic acids is 2. The van der Waals surface area contributed by atoms with Crippen LogP contribution in [0.4, 0.5) is 5.69 Å². The number of hydrogen-bond acceptors (Lipinski definition) is 4.